The van der Waals surface area contributed by atoms with Crippen LogP contribution < -0.4 is 5.73 Å². The van der Waals surface area contributed by atoms with Gasteiger partial charge in [-0.05, 0) is 54.6 Å². The third-order valence-electron chi connectivity index (χ3n) is 4.33. The normalized spacial score (nSPS) is 16.6. The van der Waals surface area contributed by atoms with Gasteiger partial charge < -0.3 is 10.9 Å². The molecule has 0 spiro atoms. The molecule has 3 N–H and O–H groups in total. The van der Waals surface area contributed by atoms with E-state index in [0.717, 1.165) is 32.0 Å². The van der Waals surface area contributed by atoms with Gasteiger partial charge in [0.15, 0.2) is 0 Å². The summed E-state index contributed by atoms with van der Waals surface area (Å²) in [7, 11) is 0. The van der Waals surface area contributed by atoms with Crippen molar-refractivity contribution < 1.29 is 5.21 Å². The predicted molar refractivity (Wildman–Crippen MR) is 88.8 cm³/mol. The Bertz CT molecular complexity index is 452. The summed E-state index contributed by atoms with van der Waals surface area (Å²) >= 11 is 1.77. The van der Waals surface area contributed by atoms with Crippen molar-refractivity contribution in [2.75, 3.05) is 6.54 Å². The van der Waals surface area contributed by atoms with Crippen LogP contribution >= 0.6 is 11.3 Å². The van der Waals surface area contributed by atoms with Gasteiger partial charge in [0.25, 0.3) is 0 Å². The van der Waals surface area contributed by atoms with Crippen LogP contribution in [-0.2, 0) is 6.54 Å². The van der Waals surface area contributed by atoms with Crippen LogP contribution in [0.1, 0.15) is 51.5 Å². The molecule has 1 saturated carbocycles. The zero-order valence-corrected chi connectivity index (χ0v) is 13.9. The Morgan fingerprint density at radius 3 is 2.81 bits per heavy atom. The topological polar surface area (TPSA) is 61.8 Å². The zero-order valence-electron chi connectivity index (χ0n) is 13.1. The maximum Gasteiger partial charge on any atom is 0.144 e. The molecule has 1 aromatic rings. The zero-order chi connectivity index (χ0) is 15.3. The Morgan fingerprint density at radius 2 is 2.24 bits per heavy atom. The van der Waals surface area contributed by atoms with Gasteiger partial charge in [0, 0.05) is 18.0 Å². The first-order valence-electron chi connectivity index (χ1n) is 7.76. The molecule has 2 rings (SSSR count). The van der Waals surface area contributed by atoms with Crippen LogP contribution in [0.4, 0.5) is 0 Å². The molecule has 1 aliphatic rings. The van der Waals surface area contributed by atoms with Gasteiger partial charge in [-0.2, -0.15) is 11.3 Å². The summed E-state index contributed by atoms with van der Waals surface area (Å²) < 4.78 is 0. The van der Waals surface area contributed by atoms with Crippen molar-refractivity contribution in [3.63, 3.8) is 0 Å². The molecule has 5 heteroatoms. The Morgan fingerprint density at radius 1 is 1.48 bits per heavy atom. The highest BCUT2D eigenvalue weighted by atomic mass is 32.1. The van der Waals surface area contributed by atoms with Crippen LogP contribution in [0.15, 0.2) is 22.0 Å². The fourth-order valence-electron chi connectivity index (χ4n) is 2.59. The Hall–Kier alpha value is -1.07. The molecule has 0 atom stereocenters. The van der Waals surface area contributed by atoms with Gasteiger partial charge in [0.2, 0.25) is 0 Å². The van der Waals surface area contributed by atoms with Crippen LogP contribution in [0.25, 0.3) is 0 Å². The van der Waals surface area contributed by atoms with E-state index in [1.54, 1.807) is 11.3 Å². The highest BCUT2D eigenvalue weighted by Crippen LogP contribution is 2.30. The fraction of sp³-hybridized carbons (Fsp3) is 0.688. The molecule has 0 saturated heterocycles. The molecule has 1 fully saturated rings. The molecular formula is C16H27N3OS. The van der Waals surface area contributed by atoms with Crippen molar-refractivity contribution in [3.05, 3.63) is 22.4 Å². The van der Waals surface area contributed by atoms with E-state index < -0.39 is 0 Å². The van der Waals surface area contributed by atoms with Gasteiger partial charge in [-0.3, -0.25) is 4.90 Å². The number of rotatable bonds is 9. The molecule has 0 amide bonds. The van der Waals surface area contributed by atoms with Crippen LogP contribution in [0.5, 0.6) is 0 Å². The van der Waals surface area contributed by atoms with Crippen LogP contribution in [0.3, 0.4) is 0 Å². The minimum Gasteiger partial charge on any atom is -0.409 e. The van der Waals surface area contributed by atoms with E-state index >= 15 is 0 Å². The number of nitrogens with two attached hydrogens (primary N) is 1. The molecule has 4 nitrogen and oxygen atoms in total. The molecule has 0 aliphatic heterocycles. The SMILES string of the molecule is CC(C)(CCCCN(Cc1ccsc1)C1CC1)/C(N)=N/O. The monoisotopic (exact) mass is 309 g/mol. The van der Waals surface area contributed by atoms with E-state index in [0.29, 0.717) is 5.84 Å². The van der Waals surface area contributed by atoms with Gasteiger partial charge >= 0.3 is 0 Å². The molecule has 0 bridgehead atoms. The summed E-state index contributed by atoms with van der Waals surface area (Å²) in [5.41, 5.74) is 6.95. The van der Waals surface area contributed by atoms with Gasteiger partial charge in [-0.15, -0.1) is 0 Å². The van der Waals surface area contributed by atoms with E-state index in [1.165, 1.54) is 24.8 Å². The van der Waals surface area contributed by atoms with E-state index in [-0.39, 0.29) is 5.41 Å². The van der Waals surface area contributed by atoms with Crippen molar-refractivity contribution >= 4 is 17.2 Å². The number of nitrogens with zero attached hydrogens (tertiary/aromatic N) is 2. The summed E-state index contributed by atoms with van der Waals surface area (Å²) in [5.74, 6) is 0.333. The number of amidine groups is 1. The first kappa shape index (κ1) is 16.3. The molecule has 0 radical (unpaired) electrons. The molecule has 21 heavy (non-hydrogen) atoms. The van der Waals surface area contributed by atoms with Crippen molar-refractivity contribution in [3.8, 4) is 0 Å². The molecule has 1 heterocycles. The largest absolute Gasteiger partial charge is 0.409 e. The maximum atomic E-state index is 8.80. The second-order valence-corrected chi connectivity index (χ2v) is 7.44. The molecule has 1 aliphatic carbocycles. The summed E-state index contributed by atoms with van der Waals surface area (Å²) in [6, 6.07) is 3.02. The summed E-state index contributed by atoms with van der Waals surface area (Å²) in [4.78, 5) is 2.61. The molecule has 118 valence electrons. The average molecular weight is 309 g/mol. The van der Waals surface area contributed by atoms with E-state index in [4.69, 9.17) is 10.9 Å². The van der Waals surface area contributed by atoms with Gasteiger partial charge in [0.1, 0.15) is 5.84 Å². The minimum absolute atomic E-state index is 0.216. The van der Waals surface area contributed by atoms with Gasteiger partial charge in [-0.25, -0.2) is 0 Å². The standard InChI is InChI=1S/C16H27N3OS/c1-16(2,15(17)18-20)8-3-4-9-19(14-5-6-14)11-13-7-10-21-12-13/h7,10,12,14,20H,3-6,8-9,11H2,1-2H3,(H2,17,18). The number of hydrogen-bond donors (Lipinski definition) is 2. The van der Waals surface area contributed by atoms with Crippen LogP contribution in [0.2, 0.25) is 0 Å². The second kappa shape index (κ2) is 7.27. The van der Waals surface area contributed by atoms with Gasteiger partial charge in [0.05, 0.1) is 0 Å². The van der Waals surface area contributed by atoms with Crippen LogP contribution in [-0.4, -0.2) is 28.5 Å². The quantitative estimate of drug-likeness (QED) is 0.241. The summed E-state index contributed by atoms with van der Waals surface area (Å²) in [6.45, 7) is 6.29. The van der Waals surface area contributed by atoms with E-state index in [9.17, 15) is 0 Å². The molecule has 1 aromatic heterocycles. The molecular weight excluding hydrogens is 282 g/mol. The van der Waals surface area contributed by atoms with Crippen LogP contribution in [0, 0.1) is 5.41 Å². The smallest absolute Gasteiger partial charge is 0.144 e. The summed E-state index contributed by atoms with van der Waals surface area (Å²) in [6.07, 6.45) is 5.93. The maximum absolute atomic E-state index is 8.80. The molecule has 0 unspecified atom stereocenters. The van der Waals surface area contributed by atoms with Crippen molar-refractivity contribution in [2.24, 2.45) is 16.3 Å². The van der Waals surface area contributed by atoms with Crippen molar-refractivity contribution in [1.29, 1.82) is 0 Å². The van der Waals surface area contributed by atoms with Crippen molar-refractivity contribution in [1.82, 2.24) is 4.90 Å². The second-order valence-electron chi connectivity index (χ2n) is 6.66. The van der Waals surface area contributed by atoms with Gasteiger partial charge in [-0.1, -0.05) is 25.4 Å². The van der Waals surface area contributed by atoms with Crippen molar-refractivity contribution in [2.45, 2.75) is 58.5 Å². The lowest BCUT2D eigenvalue weighted by Crippen LogP contribution is -2.32. The van der Waals surface area contributed by atoms with E-state index in [1.807, 2.05) is 13.8 Å². The average Bonchev–Trinajstić information content (AvgIpc) is 3.18. The fourth-order valence-corrected chi connectivity index (χ4v) is 3.25. The number of hydrogen-bond acceptors (Lipinski definition) is 4. The third-order valence-corrected chi connectivity index (χ3v) is 5.06. The number of thiophene rings is 1. The number of oxime groups is 1. The lowest BCUT2D eigenvalue weighted by Gasteiger charge is -2.25. The number of unbranched alkanes of at least 4 members (excludes halogenated alkanes) is 1. The Kier molecular flexibility index (Phi) is 5.65. The highest BCUT2D eigenvalue weighted by molar-refractivity contribution is 7.07. The Labute approximate surface area is 131 Å². The third kappa shape index (κ3) is 5.00. The highest BCUT2D eigenvalue weighted by Gasteiger charge is 2.29. The minimum atomic E-state index is -0.216. The lowest BCUT2D eigenvalue weighted by molar-refractivity contribution is 0.244. The molecule has 0 aromatic carbocycles. The summed E-state index contributed by atoms with van der Waals surface area (Å²) in [5, 5.41) is 16.3. The van der Waals surface area contributed by atoms with E-state index in [2.05, 4.69) is 26.9 Å². The first-order valence-corrected chi connectivity index (χ1v) is 8.70. The Balaban J connectivity index is 1.73. The first-order chi connectivity index (χ1) is 10.0. The predicted octanol–water partition coefficient (Wildman–Crippen LogP) is 3.66. The lowest BCUT2D eigenvalue weighted by atomic mass is 9.86.